The molecule has 0 radical (unpaired) electrons. The molecule has 0 bridgehead atoms. The van der Waals surface area contributed by atoms with Crippen molar-refractivity contribution in [3.05, 3.63) is 34.9 Å². The molecule has 10 heavy (non-hydrogen) atoms. The fourth-order valence-electron chi connectivity index (χ4n) is 0.542. The van der Waals surface area contributed by atoms with Gasteiger partial charge in [0.2, 0.25) is 0 Å². The van der Waals surface area contributed by atoms with E-state index >= 15 is 0 Å². The molecule has 0 aliphatic carbocycles. The summed E-state index contributed by atoms with van der Waals surface area (Å²) in [5.41, 5.74) is 1.17. The van der Waals surface area contributed by atoms with E-state index in [0.717, 1.165) is 0 Å². The zero-order valence-electron chi connectivity index (χ0n) is 5.70. The van der Waals surface area contributed by atoms with Gasteiger partial charge in [-0.05, 0) is 0 Å². The molecule has 0 N–H and O–H groups in total. The summed E-state index contributed by atoms with van der Waals surface area (Å²) in [6.45, 7) is 2.00. The SMILES string of the molecule is Cc1cc[c-]c(Cl)c1.[I-].[Mg+2]. The van der Waals surface area contributed by atoms with E-state index in [2.05, 4.69) is 6.07 Å². The fraction of sp³-hybridized carbons (Fsp3) is 0.143. The van der Waals surface area contributed by atoms with Crippen molar-refractivity contribution >= 4 is 34.7 Å². The van der Waals surface area contributed by atoms with Crippen LogP contribution in [0.1, 0.15) is 5.56 Å². The van der Waals surface area contributed by atoms with Crippen molar-refractivity contribution in [2.24, 2.45) is 0 Å². The van der Waals surface area contributed by atoms with Crippen molar-refractivity contribution in [2.75, 3.05) is 0 Å². The molecule has 0 aliphatic rings. The summed E-state index contributed by atoms with van der Waals surface area (Å²) in [6, 6.07) is 8.50. The monoisotopic (exact) mass is 276 g/mol. The average Bonchev–Trinajstić information content (AvgIpc) is 1.64. The minimum Gasteiger partial charge on any atom is -1.00 e. The van der Waals surface area contributed by atoms with Crippen molar-refractivity contribution < 1.29 is 24.0 Å². The zero-order chi connectivity index (χ0) is 5.98. The second kappa shape index (κ2) is 6.70. The van der Waals surface area contributed by atoms with E-state index in [0.29, 0.717) is 5.02 Å². The maximum atomic E-state index is 5.59. The van der Waals surface area contributed by atoms with Crippen LogP contribution in [0.15, 0.2) is 18.2 Å². The van der Waals surface area contributed by atoms with Gasteiger partial charge >= 0.3 is 23.1 Å². The molecule has 0 saturated heterocycles. The molecule has 0 heterocycles. The first-order valence-corrected chi connectivity index (χ1v) is 2.80. The predicted octanol–water partition coefficient (Wildman–Crippen LogP) is -0.928. The maximum absolute atomic E-state index is 5.59. The Morgan fingerprint density at radius 3 is 2.40 bits per heavy atom. The first-order chi connectivity index (χ1) is 3.79. The van der Waals surface area contributed by atoms with Crippen LogP contribution in [0.2, 0.25) is 5.02 Å². The average molecular weight is 277 g/mol. The van der Waals surface area contributed by atoms with Gasteiger partial charge in [0.1, 0.15) is 0 Å². The Hall–Kier alpha value is 1.01. The number of rotatable bonds is 0. The molecule has 0 spiro atoms. The molecule has 0 saturated carbocycles. The van der Waals surface area contributed by atoms with Gasteiger partial charge in [0, 0.05) is 0 Å². The summed E-state index contributed by atoms with van der Waals surface area (Å²) in [5, 5.41) is 0.685. The molecule has 0 atom stereocenters. The second-order valence-corrected chi connectivity index (χ2v) is 2.12. The molecule has 0 nitrogen and oxygen atoms in total. The molecule has 3 heteroatoms. The number of halogens is 2. The predicted molar refractivity (Wildman–Crippen MR) is 40.8 cm³/mol. The van der Waals surface area contributed by atoms with Crippen LogP contribution in [0.25, 0.3) is 0 Å². The molecule has 0 aromatic heterocycles. The minimum absolute atomic E-state index is 0. The van der Waals surface area contributed by atoms with Crippen molar-refractivity contribution in [1.82, 2.24) is 0 Å². The Balaban J connectivity index is 0. The molecule has 50 valence electrons. The third-order valence-corrected chi connectivity index (χ3v) is 1.14. The zero-order valence-corrected chi connectivity index (χ0v) is 10.0. The summed E-state index contributed by atoms with van der Waals surface area (Å²) in [6.07, 6.45) is 0. The van der Waals surface area contributed by atoms with Crippen molar-refractivity contribution in [2.45, 2.75) is 6.92 Å². The Bertz CT molecular complexity index is 173. The first-order valence-electron chi connectivity index (χ1n) is 2.43. The van der Waals surface area contributed by atoms with Crippen LogP contribution in [0.5, 0.6) is 0 Å². The van der Waals surface area contributed by atoms with E-state index in [4.69, 9.17) is 11.6 Å². The molecule has 0 unspecified atom stereocenters. The molecular weight excluding hydrogens is 271 g/mol. The smallest absolute Gasteiger partial charge is 1.00 e. The molecule has 1 aromatic carbocycles. The van der Waals surface area contributed by atoms with Gasteiger partial charge in [-0.15, -0.1) is 17.7 Å². The van der Waals surface area contributed by atoms with Crippen LogP contribution < -0.4 is 24.0 Å². The van der Waals surface area contributed by atoms with Gasteiger partial charge in [-0.25, -0.2) is 0 Å². The Labute approximate surface area is 99.5 Å². The van der Waals surface area contributed by atoms with Gasteiger partial charge < -0.3 is 24.0 Å². The van der Waals surface area contributed by atoms with Crippen LogP contribution >= 0.6 is 11.6 Å². The van der Waals surface area contributed by atoms with Crippen molar-refractivity contribution in [1.29, 1.82) is 0 Å². The molecule has 1 aromatic rings. The van der Waals surface area contributed by atoms with Gasteiger partial charge in [0.15, 0.2) is 0 Å². The normalized spacial score (nSPS) is 7.40. The van der Waals surface area contributed by atoms with Gasteiger partial charge in [-0.1, -0.05) is 11.9 Å². The third-order valence-electron chi connectivity index (χ3n) is 0.922. The van der Waals surface area contributed by atoms with Gasteiger partial charge in [-0.2, -0.15) is 23.8 Å². The van der Waals surface area contributed by atoms with Crippen LogP contribution in [0.4, 0.5) is 0 Å². The summed E-state index contributed by atoms with van der Waals surface area (Å²) in [4.78, 5) is 0. The molecular formula is C7H6ClIMg. The van der Waals surface area contributed by atoms with Crippen molar-refractivity contribution in [3.63, 3.8) is 0 Å². The van der Waals surface area contributed by atoms with Crippen molar-refractivity contribution in [3.8, 4) is 0 Å². The fourth-order valence-corrected chi connectivity index (χ4v) is 0.777. The summed E-state index contributed by atoms with van der Waals surface area (Å²) < 4.78 is 0. The second-order valence-electron chi connectivity index (χ2n) is 1.71. The molecule has 0 fully saturated rings. The molecule has 0 aliphatic heterocycles. The maximum Gasteiger partial charge on any atom is 2.00 e. The van der Waals surface area contributed by atoms with E-state index in [-0.39, 0.29) is 47.0 Å². The largest absolute Gasteiger partial charge is 2.00 e. The number of hydrogen-bond acceptors (Lipinski definition) is 0. The third kappa shape index (κ3) is 4.77. The number of benzene rings is 1. The van der Waals surface area contributed by atoms with E-state index in [9.17, 15) is 0 Å². The van der Waals surface area contributed by atoms with Crippen LogP contribution in [0.3, 0.4) is 0 Å². The minimum atomic E-state index is 0. The van der Waals surface area contributed by atoms with Gasteiger partial charge in [0.25, 0.3) is 0 Å². The summed E-state index contributed by atoms with van der Waals surface area (Å²) >= 11 is 5.59. The van der Waals surface area contributed by atoms with Crippen LogP contribution in [-0.2, 0) is 0 Å². The molecule has 1 rings (SSSR count). The Morgan fingerprint density at radius 1 is 1.50 bits per heavy atom. The quantitative estimate of drug-likeness (QED) is 0.326. The van der Waals surface area contributed by atoms with Crippen LogP contribution in [0, 0.1) is 13.0 Å². The summed E-state index contributed by atoms with van der Waals surface area (Å²) in [7, 11) is 0. The van der Waals surface area contributed by atoms with Gasteiger partial charge in [0.05, 0.1) is 0 Å². The molecule has 0 amide bonds. The van der Waals surface area contributed by atoms with E-state index < -0.39 is 0 Å². The number of aryl methyl sites for hydroxylation is 1. The van der Waals surface area contributed by atoms with E-state index in [1.807, 2.05) is 25.1 Å². The summed E-state index contributed by atoms with van der Waals surface area (Å²) in [5.74, 6) is 0. The first kappa shape index (κ1) is 13.6. The van der Waals surface area contributed by atoms with E-state index in [1.54, 1.807) is 0 Å². The van der Waals surface area contributed by atoms with Crippen LogP contribution in [-0.4, -0.2) is 23.1 Å². The number of hydrogen-bond donors (Lipinski definition) is 0. The Morgan fingerprint density at radius 2 is 2.10 bits per heavy atom. The van der Waals surface area contributed by atoms with E-state index in [1.165, 1.54) is 5.56 Å². The standard InChI is InChI=1S/C7H6Cl.HI.Mg/c1-6-3-2-4-7(8)5-6;;/h2-3,5H,1H3;1H;/q-1;;+2/p-1. The topological polar surface area (TPSA) is 0 Å². The Kier molecular flexibility index (Phi) is 9.10. The van der Waals surface area contributed by atoms with Gasteiger partial charge in [-0.3, -0.25) is 0 Å².